The van der Waals surface area contributed by atoms with Crippen LogP contribution in [0.15, 0.2) is 28.7 Å². The minimum absolute atomic E-state index is 0.0160. The Morgan fingerprint density at radius 2 is 1.86 bits per heavy atom. The zero-order chi connectivity index (χ0) is 15.2. The Labute approximate surface area is 132 Å². The highest BCUT2D eigenvalue weighted by Gasteiger charge is 2.24. The van der Waals surface area contributed by atoms with Gasteiger partial charge in [-0.25, -0.2) is 0 Å². The number of hydrogen-bond acceptors (Lipinski definition) is 3. The van der Waals surface area contributed by atoms with Crippen LogP contribution in [0.3, 0.4) is 0 Å². The third-order valence-electron chi connectivity index (χ3n) is 3.72. The molecule has 0 radical (unpaired) electrons. The minimum atomic E-state index is -0.706. The van der Waals surface area contributed by atoms with E-state index >= 15 is 0 Å². The van der Waals surface area contributed by atoms with E-state index in [1.807, 2.05) is 24.3 Å². The van der Waals surface area contributed by atoms with Crippen LogP contribution in [-0.2, 0) is 9.59 Å². The summed E-state index contributed by atoms with van der Waals surface area (Å²) in [6, 6.07) is 7.46. The van der Waals surface area contributed by atoms with Crippen molar-refractivity contribution in [3.8, 4) is 0 Å². The first kappa shape index (κ1) is 16.0. The van der Waals surface area contributed by atoms with Crippen molar-refractivity contribution >= 4 is 33.5 Å². The second-order valence-electron chi connectivity index (χ2n) is 5.26. The van der Waals surface area contributed by atoms with E-state index in [1.165, 1.54) is 0 Å². The Balaban J connectivity index is 1.70. The highest BCUT2D eigenvalue weighted by Crippen LogP contribution is 2.18. The number of halogens is 1. The average Bonchev–Trinajstić information content (AvgIpc) is 2.48. The summed E-state index contributed by atoms with van der Waals surface area (Å²) < 4.78 is 0.974. The number of carboxylic acids is 1. The average molecular weight is 355 g/mol. The standard InChI is InChI=1S/C15H19BrN2O3/c16-12-1-3-13(4-2-12)17-14(19)7-10-18-8-5-11(6-9-18)15(20)21/h1-4,11H,5-10H2,(H,17,19)(H,20,21). The number of anilines is 1. The van der Waals surface area contributed by atoms with Gasteiger partial charge in [-0.05, 0) is 50.2 Å². The van der Waals surface area contributed by atoms with E-state index in [1.54, 1.807) is 0 Å². The molecule has 0 aliphatic carbocycles. The smallest absolute Gasteiger partial charge is 0.306 e. The lowest BCUT2D eigenvalue weighted by atomic mass is 9.97. The molecule has 21 heavy (non-hydrogen) atoms. The van der Waals surface area contributed by atoms with Gasteiger partial charge in [0.05, 0.1) is 5.92 Å². The fourth-order valence-corrected chi connectivity index (χ4v) is 2.68. The van der Waals surface area contributed by atoms with Crippen molar-refractivity contribution in [1.82, 2.24) is 4.90 Å². The van der Waals surface area contributed by atoms with Gasteiger partial charge >= 0.3 is 5.97 Å². The van der Waals surface area contributed by atoms with Gasteiger partial charge in [-0.15, -0.1) is 0 Å². The molecule has 1 fully saturated rings. The first-order valence-corrected chi connectivity index (χ1v) is 7.84. The number of aliphatic carboxylic acids is 1. The predicted octanol–water partition coefficient (Wildman–Crippen LogP) is 2.57. The molecule has 1 aliphatic heterocycles. The SMILES string of the molecule is O=C(CCN1CCC(C(=O)O)CC1)Nc1ccc(Br)cc1. The fourth-order valence-electron chi connectivity index (χ4n) is 2.42. The summed E-state index contributed by atoms with van der Waals surface area (Å²) in [5.74, 6) is -0.946. The van der Waals surface area contributed by atoms with Crippen molar-refractivity contribution in [2.45, 2.75) is 19.3 Å². The second-order valence-corrected chi connectivity index (χ2v) is 6.17. The van der Waals surface area contributed by atoms with Crippen LogP contribution in [0.5, 0.6) is 0 Å². The van der Waals surface area contributed by atoms with E-state index in [0.29, 0.717) is 25.8 Å². The zero-order valence-corrected chi connectivity index (χ0v) is 13.3. The molecule has 1 aromatic carbocycles. The van der Waals surface area contributed by atoms with E-state index < -0.39 is 5.97 Å². The summed E-state index contributed by atoms with van der Waals surface area (Å²) in [5.41, 5.74) is 0.785. The van der Waals surface area contributed by atoms with Crippen LogP contribution in [-0.4, -0.2) is 41.5 Å². The minimum Gasteiger partial charge on any atom is -0.481 e. The fraction of sp³-hybridized carbons (Fsp3) is 0.467. The number of nitrogens with one attached hydrogen (secondary N) is 1. The Morgan fingerprint density at radius 1 is 1.24 bits per heavy atom. The largest absolute Gasteiger partial charge is 0.481 e. The van der Waals surface area contributed by atoms with Crippen LogP contribution < -0.4 is 5.32 Å². The molecule has 0 atom stereocenters. The number of carbonyl (C=O) groups is 2. The maximum atomic E-state index is 11.9. The highest BCUT2D eigenvalue weighted by atomic mass is 79.9. The summed E-state index contributed by atoms with van der Waals surface area (Å²) in [6.07, 6.45) is 1.77. The van der Waals surface area contributed by atoms with Crippen LogP contribution in [0.1, 0.15) is 19.3 Å². The molecule has 6 heteroatoms. The summed E-state index contributed by atoms with van der Waals surface area (Å²) in [7, 11) is 0. The van der Waals surface area contributed by atoms with E-state index in [-0.39, 0.29) is 11.8 Å². The number of piperidine rings is 1. The van der Waals surface area contributed by atoms with Crippen molar-refractivity contribution < 1.29 is 14.7 Å². The lowest BCUT2D eigenvalue weighted by Crippen LogP contribution is -2.37. The van der Waals surface area contributed by atoms with Crippen LogP contribution in [0.25, 0.3) is 0 Å². The molecule has 1 saturated heterocycles. The quantitative estimate of drug-likeness (QED) is 0.852. The Hall–Kier alpha value is -1.40. The molecule has 114 valence electrons. The third-order valence-corrected chi connectivity index (χ3v) is 4.25. The topological polar surface area (TPSA) is 69.6 Å². The number of carbonyl (C=O) groups excluding carboxylic acids is 1. The number of amides is 1. The van der Waals surface area contributed by atoms with Gasteiger partial charge in [-0.1, -0.05) is 15.9 Å². The maximum Gasteiger partial charge on any atom is 0.306 e. The van der Waals surface area contributed by atoms with Gasteiger partial charge < -0.3 is 15.3 Å². The van der Waals surface area contributed by atoms with Gasteiger partial charge in [0.1, 0.15) is 0 Å². The molecule has 2 rings (SSSR count). The number of likely N-dealkylation sites (tertiary alicyclic amines) is 1. The molecule has 0 saturated carbocycles. The van der Waals surface area contributed by atoms with Crippen molar-refractivity contribution in [3.05, 3.63) is 28.7 Å². The molecule has 2 N–H and O–H groups in total. The van der Waals surface area contributed by atoms with Crippen LogP contribution >= 0.6 is 15.9 Å². The number of nitrogens with zero attached hydrogens (tertiary/aromatic N) is 1. The molecule has 1 heterocycles. The zero-order valence-electron chi connectivity index (χ0n) is 11.7. The number of rotatable bonds is 5. The number of benzene rings is 1. The van der Waals surface area contributed by atoms with Gasteiger partial charge in [0.15, 0.2) is 0 Å². The molecular weight excluding hydrogens is 336 g/mol. The summed E-state index contributed by atoms with van der Waals surface area (Å²) >= 11 is 3.35. The van der Waals surface area contributed by atoms with Gasteiger partial charge in [0.25, 0.3) is 0 Å². The summed E-state index contributed by atoms with van der Waals surface area (Å²) in [6.45, 7) is 2.18. The number of carboxylic acid groups (broad SMARTS) is 1. The third kappa shape index (κ3) is 5.13. The molecule has 5 nitrogen and oxygen atoms in total. The molecule has 1 amide bonds. The van der Waals surface area contributed by atoms with Gasteiger partial charge in [0, 0.05) is 23.1 Å². The lowest BCUT2D eigenvalue weighted by Gasteiger charge is -2.29. The van der Waals surface area contributed by atoms with Crippen molar-refractivity contribution in [2.24, 2.45) is 5.92 Å². The van der Waals surface area contributed by atoms with E-state index in [9.17, 15) is 9.59 Å². The number of hydrogen-bond donors (Lipinski definition) is 2. The van der Waals surface area contributed by atoms with Crippen molar-refractivity contribution in [2.75, 3.05) is 25.0 Å². The maximum absolute atomic E-state index is 11.9. The van der Waals surface area contributed by atoms with E-state index in [0.717, 1.165) is 23.2 Å². The van der Waals surface area contributed by atoms with Crippen LogP contribution in [0.2, 0.25) is 0 Å². The van der Waals surface area contributed by atoms with Crippen LogP contribution in [0.4, 0.5) is 5.69 Å². The first-order valence-electron chi connectivity index (χ1n) is 7.05. The molecule has 0 bridgehead atoms. The monoisotopic (exact) mass is 354 g/mol. The first-order chi connectivity index (χ1) is 10.0. The van der Waals surface area contributed by atoms with E-state index in [4.69, 9.17) is 5.11 Å². The lowest BCUT2D eigenvalue weighted by molar-refractivity contribution is -0.143. The molecule has 0 aromatic heterocycles. The van der Waals surface area contributed by atoms with Crippen molar-refractivity contribution in [3.63, 3.8) is 0 Å². The summed E-state index contributed by atoms with van der Waals surface area (Å²) in [5, 5.41) is 11.8. The van der Waals surface area contributed by atoms with Gasteiger partial charge in [0.2, 0.25) is 5.91 Å². The molecule has 0 spiro atoms. The second kappa shape index (κ2) is 7.56. The normalized spacial score (nSPS) is 16.6. The molecular formula is C15H19BrN2O3. The summed E-state index contributed by atoms with van der Waals surface area (Å²) in [4.78, 5) is 24.9. The Morgan fingerprint density at radius 3 is 2.43 bits per heavy atom. The van der Waals surface area contributed by atoms with Gasteiger partial charge in [-0.2, -0.15) is 0 Å². The van der Waals surface area contributed by atoms with E-state index in [2.05, 4.69) is 26.1 Å². The molecule has 1 aliphatic rings. The molecule has 0 unspecified atom stereocenters. The van der Waals surface area contributed by atoms with Crippen molar-refractivity contribution in [1.29, 1.82) is 0 Å². The Bertz CT molecular complexity index is 496. The van der Waals surface area contributed by atoms with Gasteiger partial charge in [-0.3, -0.25) is 9.59 Å². The molecule has 1 aromatic rings. The van der Waals surface area contributed by atoms with Crippen LogP contribution in [0, 0.1) is 5.92 Å². The predicted molar refractivity (Wildman–Crippen MR) is 84.2 cm³/mol. The Kier molecular flexibility index (Phi) is 5.76. The highest BCUT2D eigenvalue weighted by molar-refractivity contribution is 9.10.